The van der Waals surface area contributed by atoms with E-state index in [0.717, 1.165) is 13.0 Å². The van der Waals surface area contributed by atoms with Crippen LogP contribution in [0.5, 0.6) is 0 Å². The fraction of sp³-hybridized carbons (Fsp3) is 0.429. The van der Waals surface area contributed by atoms with Gasteiger partial charge in [0.05, 0.1) is 16.9 Å². The first-order valence-electron chi connectivity index (χ1n) is 6.48. The minimum Gasteiger partial charge on any atom is -0.308 e. The minimum absolute atomic E-state index is 0.425. The van der Waals surface area contributed by atoms with Crippen LogP contribution in [0.2, 0.25) is 0 Å². The molecule has 0 bridgehead atoms. The van der Waals surface area contributed by atoms with Crippen LogP contribution in [0, 0.1) is 0 Å². The standard InChI is InChI=1S/C14H17N3S/c1-3-11-4-2-7-16-14(11)13(5-1)15-8-6-12-9-18-10-17-12/h2,4,7,9-10,13,15H,1,3,5-6,8H2. The summed E-state index contributed by atoms with van der Waals surface area (Å²) in [6.45, 7) is 0.977. The van der Waals surface area contributed by atoms with Crippen LogP contribution in [0.15, 0.2) is 29.2 Å². The fourth-order valence-corrected chi connectivity index (χ4v) is 3.14. The van der Waals surface area contributed by atoms with Crippen molar-refractivity contribution in [1.29, 1.82) is 0 Å². The average molecular weight is 259 g/mol. The van der Waals surface area contributed by atoms with Gasteiger partial charge in [-0.05, 0) is 30.9 Å². The molecule has 94 valence electrons. The van der Waals surface area contributed by atoms with Gasteiger partial charge in [-0.25, -0.2) is 4.98 Å². The van der Waals surface area contributed by atoms with Gasteiger partial charge in [-0.3, -0.25) is 4.98 Å². The summed E-state index contributed by atoms with van der Waals surface area (Å²) in [5, 5.41) is 5.74. The Morgan fingerprint density at radius 2 is 2.39 bits per heavy atom. The Balaban J connectivity index is 1.60. The van der Waals surface area contributed by atoms with E-state index in [1.54, 1.807) is 11.3 Å². The van der Waals surface area contributed by atoms with Gasteiger partial charge in [0.25, 0.3) is 0 Å². The van der Waals surface area contributed by atoms with Crippen molar-refractivity contribution in [3.8, 4) is 0 Å². The van der Waals surface area contributed by atoms with Crippen LogP contribution < -0.4 is 5.32 Å². The molecule has 0 saturated carbocycles. The zero-order valence-electron chi connectivity index (χ0n) is 10.3. The lowest BCUT2D eigenvalue weighted by Crippen LogP contribution is -2.28. The van der Waals surface area contributed by atoms with Crippen molar-refractivity contribution < 1.29 is 0 Å². The summed E-state index contributed by atoms with van der Waals surface area (Å²) in [6, 6.07) is 4.67. The highest BCUT2D eigenvalue weighted by atomic mass is 32.1. The summed E-state index contributed by atoms with van der Waals surface area (Å²) >= 11 is 1.66. The van der Waals surface area contributed by atoms with E-state index in [2.05, 4.69) is 26.7 Å². The molecule has 0 aromatic carbocycles. The van der Waals surface area contributed by atoms with Gasteiger partial charge in [0.2, 0.25) is 0 Å². The molecule has 0 aliphatic heterocycles. The summed E-state index contributed by atoms with van der Waals surface area (Å²) in [7, 11) is 0. The molecular formula is C14H17N3S. The molecule has 1 aliphatic carbocycles. The Hall–Kier alpha value is -1.26. The molecule has 2 aromatic rings. The van der Waals surface area contributed by atoms with Crippen molar-refractivity contribution in [1.82, 2.24) is 15.3 Å². The number of hydrogen-bond acceptors (Lipinski definition) is 4. The van der Waals surface area contributed by atoms with Gasteiger partial charge < -0.3 is 5.32 Å². The molecular weight excluding hydrogens is 242 g/mol. The number of rotatable bonds is 4. The Morgan fingerprint density at radius 3 is 3.28 bits per heavy atom. The Morgan fingerprint density at radius 1 is 1.39 bits per heavy atom. The molecule has 3 nitrogen and oxygen atoms in total. The van der Waals surface area contributed by atoms with E-state index in [9.17, 15) is 0 Å². The van der Waals surface area contributed by atoms with E-state index in [4.69, 9.17) is 0 Å². The van der Waals surface area contributed by atoms with Gasteiger partial charge in [-0.1, -0.05) is 6.07 Å². The summed E-state index contributed by atoms with van der Waals surface area (Å²) in [6.07, 6.45) is 6.53. The Bertz CT molecular complexity index is 496. The van der Waals surface area contributed by atoms with Crippen molar-refractivity contribution in [2.75, 3.05) is 6.54 Å². The number of aryl methyl sites for hydroxylation is 1. The smallest absolute Gasteiger partial charge is 0.0794 e. The monoisotopic (exact) mass is 259 g/mol. The Labute approximate surface area is 111 Å². The zero-order valence-corrected chi connectivity index (χ0v) is 11.1. The van der Waals surface area contributed by atoms with Crippen LogP contribution in [0.25, 0.3) is 0 Å². The van der Waals surface area contributed by atoms with Crippen LogP contribution in [-0.2, 0) is 12.8 Å². The van der Waals surface area contributed by atoms with Crippen molar-refractivity contribution in [2.24, 2.45) is 0 Å². The van der Waals surface area contributed by atoms with Crippen molar-refractivity contribution in [2.45, 2.75) is 31.7 Å². The number of pyridine rings is 1. The number of fused-ring (bicyclic) bond motifs is 1. The number of aromatic nitrogens is 2. The third-order valence-corrected chi connectivity index (χ3v) is 4.09. The van der Waals surface area contributed by atoms with Crippen LogP contribution >= 0.6 is 11.3 Å². The highest BCUT2D eigenvalue weighted by Gasteiger charge is 2.20. The lowest BCUT2D eigenvalue weighted by atomic mass is 9.92. The van der Waals surface area contributed by atoms with Gasteiger partial charge in [0, 0.05) is 30.6 Å². The maximum Gasteiger partial charge on any atom is 0.0794 e. The molecule has 0 fully saturated rings. The molecule has 1 unspecified atom stereocenters. The molecule has 0 amide bonds. The van der Waals surface area contributed by atoms with Crippen LogP contribution in [0.1, 0.15) is 35.8 Å². The predicted octanol–water partition coefficient (Wildman–Crippen LogP) is 2.75. The van der Waals surface area contributed by atoms with Gasteiger partial charge in [0.1, 0.15) is 0 Å². The molecule has 0 spiro atoms. The van der Waals surface area contributed by atoms with E-state index in [1.807, 2.05) is 17.8 Å². The first kappa shape index (κ1) is 11.8. The zero-order chi connectivity index (χ0) is 12.2. The third kappa shape index (κ3) is 2.60. The quantitative estimate of drug-likeness (QED) is 0.917. The largest absolute Gasteiger partial charge is 0.308 e. The Kier molecular flexibility index (Phi) is 3.67. The van der Waals surface area contributed by atoms with E-state index in [-0.39, 0.29) is 0 Å². The fourth-order valence-electron chi connectivity index (χ4n) is 2.54. The normalized spacial score (nSPS) is 18.6. The maximum absolute atomic E-state index is 4.54. The van der Waals surface area contributed by atoms with Crippen molar-refractivity contribution in [3.63, 3.8) is 0 Å². The molecule has 1 atom stereocenters. The molecule has 2 aromatic heterocycles. The highest BCUT2D eigenvalue weighted by Crippen LogP contribution is 2.27. The van der Waals surface area contributed by atoms with E-state index in [1.165, 1.54) is 36.2 Å². The second-order valence-corrected chi connectivity index (χ2v) is 5.40. The number of thiazole rings is 1. The second kappa shape index (κ2) is 5.59. The van der Waals surface area contributed by atoms with Crippen molar-refractivity contribution in [3.05, 3.63) is 46.2 Å². The first-order chi connectivity index (χ1) is 8.93. The van der Waals surface area contributed by atoms with Gasteiger partial charge in [-0.2, -0.15) is 0 Å². The van der Waals surface area contributed by atoms with Gasteiger partial charge in [0.15, 0.2) is 0 Å². The molecule has 4 heteroatoms. The molecule has 18 heavy (non-hydrogen) atoms. The number of nitrogens with one attached hydrogen (secondary N) is 1. The lowest BCUT2D eigenvalue weighted by molar-refractivity contribution is 0.451. The van der Waals surface area contributed by atoms with Gasteiger partial charge >= 0.3 is 0 Å². The second-order valence-electron chi connectivity index (χ2n) is 4.68. The van der Waals surface area contributed by atoms with E-state index >= 15 is 0 Å². The predicted molar refractivity (Wildman–Crippen MR) is 73.7 cm³/mol. The molecule has 0 saturated heterocycles. The van der Waals surface area contributed by atoms with Crippen LogP contribution in [0.3, 0.4) is 0 Å². The van der Waals surface area contributed by atoms with Gasteiger partial charge in [-0.15, -0.1) is 11.3 Å². The molecule has 2 heterocycles. The minimum atomic E-state index is 0.425. The van der Waals surface area contributed by atoms with Crippen molar-refractivity contribution >= 4 is 11.3 Å². The summed E-state index contributed by atoms with van der Waals surface area (Å²) in [5.41, 5.74) is 5.74. The van der Waals surface area contributed by atoms with Crippen LogP contribution in [-0.4, -0.2) is 16.5 Å². The number of nitrogens with zero attached hydrogens (tertiary/aromatic N) is 2. The molecule has 3 rings (SSSR count). The SMILES string of the molecule is c1cnc2c(c1)CCCC2NCCc1cscn1. The highest BCUT2D eigenvalue weighted by molar-refractivity contribution is 7.07. The molecule has 1 N–H and O–H groups in total. The lowest BCUT2D eigenvalue weighted by Gasteiger charge is -2.25. The summed E-state index contributed by atoms with van der Waals surface area (Å²) in [5.74, 6) is 0. The third-order valence-electron chi connectivity index (χ3n) is 3.45. The van der Waals surface area contributed by atoms with Crippen LogP contribution in [0.4, 0.5) is 0 Å². The van der Waals surface area contributed by atoms with E-state index < -0.39 is 0 Å². The average Bonchev–Trinajstić information content (AvgIpc) is 2.92. The topological polar surface area (TPSA) is 37.8 Å². The number of hydrogen-bond donors (Lipinski definition) is 1. The molecule has 1 aliphatic rings. The summed E-state index contributed by atoms with van der Waals surface area (Å²) in [4.78, 5) is 8.85. The first-order valence-corrected chi connectivity index (χ1v) is 7.42. The maximum atomic E-state index is 4.54. The van der Waals surface area contributed by atoms with E-state index in [0.29, 0.717) is 6.04 Å². The molecule has 0 radical (unpaired) electrons. The summed E-state index contributed by atoms with van der Waals surface area (Å²) < 4.78 is 0.